The van der Waals surface area contributed by atoms with Crippen molar-refractivity contribution in [3.05, 3.63) is 48.0 Å². The number of benzene rings is 2. The third kappa shape index (κ3) is 5.22. The van der Waals surface area contributed by atoms with Gasteiger partial charge in [0, 0.05) is 43.5 Å². The van der Waals surface area contributed by atoms with Crippen molar-refractivity contribution in [2.24, 2.45) is 16.9 Å². The first kappa shape index (κ1) is 26.0. The summed E-state index contributed by atoms with van der Waals surface area (Å²) in [7, 11) is 0. The summed E-state index contributed by atoms with van der Waals surface area (Å²) >= 11 is 0. The molecule has 2 unspecified atom stereocenters. The van der Waals surface area contributed by atoms with Gasteiger partial charge in [-0.3, -0.25) is 5.01 Å². The molecule has 2 aromatic rings. The van der Waals surface area contributed by atoms with Crippen molar-refractivity contribution in [1.29, 1.82) is 0 Å². The molecule has 0 N–H and O–H groups in total. The van der Waals surface area contributed by atoms with Crippen LogP contribution >= 0.6 is 0 Å². The van der Waals surface area contributed by atoms with E-state index < -0.39 is 35.5 Å². The molecule has 1 fully saturated rings. The van der Waals surface area contributed by atoms with Crippen molar-refractivity contribution < 1.29 is 31.4 Å². The van der Waals surface area contributed by atoms with Crippen LogP contribution in [-0.4, -0.2) is 43.7 Å². The van der Waals surface area contributed by atoms with Gasteiger partial charge in [-0.1, -0.05) is 13.8 Å². The van der Waals surface area contributed by atoms with Crippen molar-refractivity contribution in [3.8, 4) is 11.5 Å². The van der Waals surface area contributed by atoms with E-state index in [1.54, 1.807) is 43.0 Å². The number of hydrazone groups is 1. The zero-order valence-electron chi connectivity index (χ0n) is 20.6. The minimum Gasteiger partial charge on any atom is -0.494 e. The van der Waals surface area contributed by atoms with Gasteiger partial charge < -0.3 is 14.4 Å². The fourth-order valence-corrected chi connectivity index (χ4v) is 4.75. The maximum absolute atomic E-state index is 14.5. The van der Waals surface area contributed by atoms with Crippen LogP contribution in [0.3, 0.4) is 0 Å². The van der Waals surface area contributed by atoms with Crippen LogP contribution in [0.4, 0.5) is 33.3 Å². The van der Waals surface area contributed by atoms with Crippen LogP contribution in [0.5, 0.6) is 11.5 Å². The first-order valence-corrected chi connectivity index (χ1v) is 12.1. The molecule has 4 rings (SSSR count). The Hall–Kier alpha value is -3.04. The lowest BCUT2D eigenvalue weighted by molar-refractivity contribution is -0.0619. The Kier molecular flexibility index (Phi) is 7.33. The number of halogens is 5. The average molecular weight is 512 g/mol. The molecule has 10 heteroatoms. The fraction of sp³-hybridized carbons (Fsp3) is 0.500. The molecular weight excluding hydrogens is 481 g/mol. The van der Waals surface area contributed by atoms with E-state index in [1.165, 1.54) is 18.0 Å². The molecule has 0 spiro atoms. The molecule has 36 heavy (non-hydrogen) atoms. The highest BCUT2D eigenvalue weighted by Crippen LogP contribution is 2.36. The molecule has 1 saturated heterocycles. The van der Waals surface area contributed by atoms with Gasteiger partial charge in [-0.2, -0.15) is 18.3 Å². The SMILES string of the molecule is CCOc1cc(F)c(F)c(N2CCC(Oc3ccc(N4N=C(C(F)(F)F)[C@@H](C)[C@@H]4C)cc3)C(C)C2)c1. The summed E-state index contributed by atoms with van der Waals surface area (Å²) in [6.07, 6.45) is -4.03. The van der Waals surface area contributed by atoms with Gasteiger partial charge in [0.05, 0.1) is 24.0 Å². The van der Waals surface area contributed by atoms with Gasteiger partial charge in [0.15, 0.2) is 11.6 Å². The zero-order valence-corrected chi connectivity index (χ0v) is 20.6. The summed E-state index contributed by atoms with van der Waals surface area (Å²) in [5.74, 6) is -1.71. The van der Waals surface area contributed by atoms with Crippen molar-refractivity contribution in [3.63, 3.8) is 0 Å². The van der Waals surface area contributed by atoms with E-state index >= 15 is 0 Å². The number of anilines is 2. The Morgan fingerprint density at radius 3 is 2.31 bits per heavy atom. The van der Waals surface area contributed by atoms with Crippen molar-refractivity contribution >= 4 is 17.1 Å². The zero-order chi connectivity index (χ0) is 26.2. The number of alkyl halides is 3. The lowest BCUT2D eigenvalue weighted by atomic mass is 9.95. The van der Waals surface area contributed by atoms with E-state index in [1.807, 2.05) is 6.92 Å². The standard InChI is InChI=1S/C26H30F5N3O2/c1-5-35-20-12-21(27)24(28)22(13-20)33-11-10-23(15(2)14-33)36-19-8-6-18(7-9-19)34-17(4)16(3)25(32-34)26(29,30)31/h6-9,12-13,15-17,23H,5,10-11,14H2,1-4H3/t15?,16-,17-,23?/m0/s1. The quantitative estimate of drug-likeness (QED) is 0.420. The van der Waals surface area contributed by atoms with E-state index in [9.17, 15) is 22.0 Å². The first-order chi connectivity index (χ1) is 17.0. The second kappa shape index (κ2) is 10.1. The molecule has 4 atom stereocenters. The summed E-state index contributed by atoms with van der Waals surface area (Å²) in [6, 6.07) is 8.95. The largest absolute Gasteiger partial charge is 0.494 e. The van der Waals surface area contributed by atoms with E-state index in [4.69, 9.17) is 9.47 Å². The van der Waals surface area contributed by atoms with Gasteiger partial charge in [0.25, 0.3) is 0 Å². The normalized spacial score (nSPS) is 24.6. The first-order valence-electron chi connectivity index (χ1n) is 12.1. The number of ether oxygens (including phenoxy) is 2. The average Bonchev–Trinajstić information content (AvgIpc) is 3.13. The van der Waals surface area contributed by atoms with Crippen LogP contribution in [0.25, 0.3) is 0 Å². The van der Waals surface area contributed by atoms with Gasteiger partial charge in [0.2, 0.25) is 0 Å². The molecule has 5 nitrogen and oxygen atoms in total. The lowest BCUT2D eigenvalue weighted by Crippen LogP contribution is -2.44. The Bertz CT molecular complexity index is 1110. The van der Waals surface area contributed by atoms with Gasteiger partial charge in [-0.15, -0.1) is 0 Å². The Morgan fingerprint density at radius 2 is 1.72 bits per heavy atom. The summed E-state index contributed by atoms with van der Waals surface area (Å²) in [5.41, 5.74) is -0.0598. The van der Waals surface area contributed by atoms with Crippen molar-refractivity contribution in [2.75, 3.05) is 29.6 Å². The summed E-state index contributed by atoms with van der Waals surface area (Å²) in [4.78, 5) is 1.79. The highest BCUT2D eigenvalue weighted by atomic mass is 19.4. The monoisotopic (exact) mass is 511 g/mol. The Balaban J connectivity index is 1.41. The van der Waals surface area contributed by atoms with Crippen LogP contribution in [0.1, 0.15) is 34.1 Å². The molecule has 0 aliphatic carbocycles. The van der Waals surface area contributed by atoms with Gasteiger partial charge in [-0.25, -0.2) is 8.78 Å². The minimum absolute atomic E-state index is 0.00929. The van der Waals surface area contributed by atoms with Crippen LogP contribution in [0.15, 0.2) is 41.5 Å². The molecule has 2 aliphatic heterocycles. The number of rotatable bonds is 6. The number of nitrogens with zero attached hydrogens (tertiary/aromatic N) is 3. The molecule has 0 saturated carbocycles. The van der Waals surface area contributed by atoms with Crippen LogP contribution < -0.4 is 19.4 Å². The van der Waals surface area contributed by atoms with E-state index in [-0.39, 0.29) is 23.5 Å². The molecule has 0 aromatic heterocycles. The van der Waals surface area contributed by atoms with Gasteiger partial charge in [-0.05, 0) is 38.1 Å². The minimum atomic E-state index is -4.46. The molecule has 2 aromatic carbocycles. The molecule has 0 radical (unpaired) electrons. The lowest BCUT2D eigenvalue weighted by Gasteiger charge is -2.38. The predicted molar refractivity (Wildman–Crippen MR) is 129 cm³/mol. The van der Waals surface area contributed by atoms with E-state index in [0.717, 1.165) is 6.07 Å². The third-order valence-corrected chi connectivity index (χ3v) is 6.90. The maximum Gasteiger partial charge on any atom is 0.431 e. The third-order valence-electron chi connectivity index (χ3n) is 6.90. The smallest absolute Gasteiger partial charge is 0.431 e. The molecule has 196 valence electrons. The van der Waals surface area contributed by atoms with Crippen molar-refractivity contribution in [2.45, 2.75) is 52.4 Å². The Morgan fingerprint density at radius 1 is 1.03 bits per heavy atom. The number of piperidine rings is 1. The summed E-state index contributed by atoms with van der Waals surface area (Å²) in [5, 5.41) is 5.22. The summed E-state index contributed by atoms with van der Waals surface area (Å²) in [6.45, 7) is 8.27. The fourth-order valence-electron chi connectivity index (χ4n) is 4.75. The molecule has 2 aliphatic rings. The van der Waals surface area contributed by atoms with Gasteiger partial charge in [0.1, 0.15) is 23.3 Å². The second-order valence-corrected chi connectivity index (χ2v) is 9.39. The maximum atomic E-state index is 14.5. The van der Waals surface area contributed by atoms with E-state index in [2.05, 4.69) is 5.10 Å². The van der Waals surface area contributed by atoms with Crippen LogP contribution in [0, 0.1) is 23.5 Å². The number of hydrogen-bond donors (Lipinski definition) is 0. The Labute approximate surface area is 207 Å². The van der Waals surface area contributed by atoms with Crippen LogP contribution in [0.2, 0.25) is 0 Å². The highest BCUT2D eigenvalue weighted by molar-refractivity contribution is 5.95. The predicted octanol–water partition coefficient (Wildman–Crippen LogP) is 6.42. The topological polar surface area (TPSA) is 37.3 Å². The molecular formula is C26H30F5N3O2. The molecule has 2 heterocycles. The highest BCUT2D eigenvalue weighted by Gasteiger charge is 2.46. The summed E-state index contributed by atoms with van der Waals surface area (Å²) < 4.78 is 79.8. The van der Waals surface area contributed by atoms with E-state index in [0.29, 0.717) is 37.6 Å². The van der Waals surface area contributed by atoms with Crippen molar-refractivity contribution in [1.82, 2.24) is 0 Å². The van der Waals surface area contributed by atoms with Gasteiger partial charge >= 0.3 is 6.18 Å². The molecule has 0 amide bonds. The molecule has 0 bridgehead atoms. The number of hydrogen-bond acceptors (Lipinski definition) is 5. The second-order valence-electron chi connectivity index (χ2n) is 9.39. The van der Waals surface area contributed by atoms with Crippen LogP contribution in [-0.2, 0) is 0 Å².